The van der Waals surface area contributed by atoms with Gasteiger partial charge in [0.15, 0.2) is 5.76 Å². The van der Waals surface area contributed by atoms with Crippen molar-refractivity contribution in [3.05, 3.63) is 95.9 Å². The minimum atomic E-state index is -0.755. The van der Waals surface area contributed by atoms with Crippen molar-refractivity contribution in [3.63, 3.8) is 0 Å². The molecule has 0 aliphatic carbocycles. The number of amides is 1. The zero-order valence-corrected chi connectivity index (χ0v) is 17.1. The fourth-order valence-electron chi connectivity index (χ4n) is 3.32. The summed E-state index contributed by atoms with van der Waals surface area (Å²) in [5.74, 6) is -0.00393. The van der Waals surface area contributed by atoms with Gasteiger partial charge in [0.1, 0.15) is 23.3 Å². The second-order valence-electron chi connectivity index (χ2n) is 7.11. The lowest BCUT2D eigenvalue weighted by Gasteiger charge is -2.15. The molecular formula is C25H21FN2O3. The Kier molecular flexibility index (Phi) is 5.80. The highest BCUT2D eigenvalue weighted by Gasteiger charge is 2.21. The number of anilines is 1. The molecule has 1 heterocycles. The van der Waals surface area contributed by atoms with Crippen molar-refractivity contribution in [1.29, 1.82) is 0 Å². The zero-order valence-electron chi connectivity index (χ0n) is 17.1. The number of nitrogens with one attached hydrogen (secondary N) is 1. The van der Waals surface area contributed by atoms with Crippen molar-refractivity contribution in [2.75, 3.05) is 5.32 Å². The summed E-state index contributed by atoms with van der Waals surface area (Å²) < 4.78 is 24.7. The lowest BCUT2D eigenvalue weighted by molar-refractivity contribution is 0.119. The average Bonchev–Trinajstić information content (AvgIpc) is 3.14. The van der Waals surface area contributed by atoms with Crippen LogP contribution >= 0.6 is 0 Å². The molecule has 0 radical (unpaired) electrons. The van der Waals surface area contributed by atoms with Crippen LogP contribution in [0, 0.1) is 12.7 Å². The van der Waals surface area contributed by atoms with E-state index in [4.69, 9.17) is 9.26 Å². The Morgan fingerprint density at radius 2 is 1.55 bits per heavy atom. The van der Waals surface area contributed by atoms with Gasteiger partial charge in [0.25, 0.3) is 0 Å². The summed E-state index contributed by atoms with van der Waals surface area (Å²) in [6, 6.07) is 24.0. The van der Waals surface area contributed by atoms with Crippen molar-refractivity contribution < 1.29 is 18.4 Å². The van der Waals surface area contributed by atoms with Gasteiger partial charge in [-0.2, -0.15) is 0 Å². The monoisotopic (exact) mass is 416 g/mol. The Morgan fingerprint density at radius 3 is 2.26 bits per heavy atom. The number of aryl methyl sites for hydroxylation is 1. The van der Waals surface area contributed by atoms with Crippen LogP contribution in [-0.4, -0.2) is 11.2 Å². The van der Waals surface area contributed by atoms with Crippen LogP contribution in [-0.2, 0) is 4.74 Å². The van der Waals surface area contributed by atoms with Crippen LogP contribution in [0.5, 0.6) is 0 Å². The Balaban J connectivity index is 1.51. The van der Waals surface area contributed by atoms with E-state index in [1.807, 2.05) is 54.6 Å². The van der Waals surface area contributed by atoms with E-state index in [1.54, 1.807) is 32.0 Å². The van der Waals surface area contributed by atoms with E-state index in [0.717, 1.165) is 16.7 Å². The van der Waals surface area contributed by atoms with Crippen LogP contribution in [0.2, 0.25) is 0 Å². The molecule has 0 unspecified atom stereocenters. The molecule has 0 saturated carbocycles. The lowest BCUT2D eigenvalue weighted by Crippen LogP contribution is -2.17. The van der Waals surface area contributed by atoms with Gasteiger partial charge in [-0.3, -0.25) is 5.32 Å². The third-order valence-corrected chi connectivity index (χ3v) is 4.97. The molecule has 1 N–H and O–H groups in total. The molecule has 0 bridgehead atoms. The second kappa shape index (κ2) is 8.83. The molecule has 6 heteroatoms. The quantitative estimate of drug-likeness (QED) is 0.390. The van der Waals surface area contributed by atoms with E-state index in [0.29, 0.717) is 22.7 Å². The first-order valence-corrected chi connectivity index (χ1v) is 9.87. The lowest BCUT2D eigenvalue weighted by atomic mass is 10.0. The molecule has 156 valence electrons. The van der Waals surface area contributed by atoms with E-state index in [9.17, 15) is 9.18 Å². The summed E-state index contributed by atoms with van der Waals surface area (Å²) in [5, 5.41) is 6.66. The van der Waals surface area contributed by atoms with Crippen LogP contribution in [0.1, 0.15) is 24.3 Å². The molecule has 1 atom stereocenters. The molecule has 31 heavy (non-hydrogen) atoms. The number of nitrogens with zero attached hydrogens (tertiary/aromatic N) is 1. The maximum atomic E-state index is 13.9. The summed E-state index contributed by atoms with van der Waals surface area (Å²) in [6.07, 6.45) is -1.47. The minimum absolute atomic E-state index is 0.302. The van der Waals surface area contributed by atoms with Gasteiger partial charge in [0.05, 0.1) is 0 Å². The standard InChI is InChI=1S/C25H21FN2O3/c1-16-23(27-25(29)30-17(2)21-10-6-7-11-22(21)26)24(31-28-16)20-14-12-19(13-15-20)18-8-4-3-5-9-18/h3-15,17H,1-2H3,(H,27,29)/t17-/m0/s1. The first-order chi connectivity index (χ1) is 15.0. The molecule has 0 spiro atoms. The largest absolute Gasteiger partial charge is 0.441 e. The van der Waals surface area contributed by atoms with E-state index in [1.165, 1.54) is 6.07 Å². The van der Waals surface area contributed by atoms with Gasteiger partial charge < -0.3 is 9.26 Å². The smallest absolute Gasteiger partial charge is 0.412 e. The number of aromatic nitrogens is 1. The van der Waals surface area contributed by atoms with Gasteiger partial charge in [-0.15, -0.1) is 0 Å². The summed E-state index contributed by atoms with van der Waals surface area (Å²) in [4.78, 5) is 12.5. The fourth-order valence-corrected chi connectivity index (χ4v) is 3.32. The Hall–Kier alpha value is -3.93. The van der Waals surface area contributed by atoms with Gasteiger partial charge in [0, 0.05) is 11.1 Å². The minimum Gasteiger partial charge on any atom is -0.441 e. The molecule has 0 fully saturated rings. The van der Waals surface area contributed by atoms with Crippen molar-refractivity contribution in [3.8, 4) is 22.5 Å². The molecular weight excluding hydrogens is 395 g/mol. The normalized spacial score (nSPS) is 11.7. The number of rotatable bonds is 5. The van der Waals surface area contributed by atoms with Gasteiger partial charge in [-0.05, 0) is 31.0 Å². The molecule has 0 saturated heterocycles. The molecule has 1 amide bonds. The Morgan fingerprint density at radius 1 is 0.935 bits per heavy atom. The molecule has 5 nitrogen and oxygen atoms in total. The molecule has 3 aromatic carbocycles. The maximum Gasteiger partial charge on any atom is 0.412 e. The van der Waals surface area contributed by atoms with E-state index < -0.39 is 18.0 Å². The van der Waals surface area contributed by atoms with Crippen LogP contribution in [0.25, 0.3) is 22.5 Å². The number of benzene rings is 3. The molecule has 4 rings (SSSR count). The maximum absolute atomic E-state index is 13.9. The topological polar surface area (TPSA) is 64.4 Å². The summed E-state index contributed by atoms with van der Waals surface area (Å²) >= 11 is 0. The predicted octanol–water partition coefficient (Wildman–Crippen LogP) is 6.77. The molecule has 1 aromatic heterocycles. The van der Waals surface area contributed by atoms with E-state index >= 15 is 0 Å². The van der Waals surface area contributed by atoms with E-state index in [-0.39, 0.29) is 0 Å². The number of hydrogen-bond acceptors (Lipinski definition) is 4. The summed E-state index contributed by atoms with van der Waals surface area (Å²) in [7, 11) is 0. The molecule has 0 aliphatic heterocycles. The van der Waals surface area contributed by atoms with Crippen molar-refractivity contribution in [2.45, 2.75) is 20.0 Å². The number of halogens is 1. The van der Waals surface area contributed by atoms with Crippen LogP contribution in [0.15, 0.2) is 83.4 Å². The fraction of sp³-hybridized carbons (Fsp3) is 0.120. The average molecular weight is 416 g/mol. The molecule has 0 aliphatic rings. The second-order valence-corrected chi connectivity index (χ2v) is 7.11. The molecule has 4 aromatic rings. The predicted molar refractivity (Wildman–Crippen MR) is 117 cm³/mol. The van der Waals surface area contributed by atoms with Gasteiger partial charge in [-0.25, -0.2) is 9.18 Å². The SMILES string of the molecule is Cc1noc(-c2ccc(-c3ccccc3)cc2)c1NC(=O)O[C@@H](C)c1ccccc1F. The highest BCUT2D eigenvalue weighted by atomic mass is 19.1. The summed E-state index contributed by atoms with van der Waals surface area (Å²) in [6.45, 7) is 3.34. The van der Waals surface area contributed by atoms with E-state index in [2.05, 4.69) is 10.5 Å². The van der Waals surface area contributed by atoms with Crippen molar-refractivity contribution in [1.82, 2.24) is 5.16 Å². The van der Waals surface area contributed by atoms with Crippen LogP contribution in [0.4, 0.5) is 14.9 Å². The Bertz CT molecular complexity index is 1190. The number of carbonyl (C=O) groups excluding carboxylic acids is 1. The van der Waals surface area contributed by atoms with Gasteiger partial charge >= 0.3 is 6.09 Å². The Labute approximate surface area is 179 Å². The number of carbonyl (C=O) groups is 1. The zero-order chi connectivity index (χ0) is 21.8. The van der Waals surface area contributed by atoms with Crippen LogP contribution in [0.3, 0.4) is 0 Å². The first-order valence-electron chi connectivity index (χ1n) is 9.87. The van der Waals surface area contributed by atoms with Gasteiger partial charge in [-0.1, -0.05) is 78.0 Å². The highest BCUT2D eigenvalue weighted by Crippen LogP contribution is 2.33. The van der Waals surface area contributed by atoms with Crippen molar-refractivity contribution >= 4 is 11.8 Å². The third-order valence-electron chi connectivity index (χ3n) is 4.97. The highest BCUT2D eigenvalue weighted by molar-refractivity contribution is 5.91. The third kappa shape index (κ3) is 4.48. The van der Waals surface area contributed by atoms with Crippen LogP contribution < -0.4 is 5.32 Å². The number of hydrogen-bond donors (Lipinski definition) is 1. The van der Waals surface area contributed by atoms with Crippen molar-refractivity contribution in [2.24, 2.45) is 0 Å². The summed E-state index contributed by atoms with van der Waals surface area (Å²) in [5.41, 5.74) is 4.16. The number of ether oxygens (including phenoxy) is 1. The van der Waals surface area contributed by atoms with Gasteiger partial charge in [0.2, 0.25) is 0 Å². The first kappa shape index (κ1) is 20.3.